The van der Waals surface area contributed by atoms with Crippen LogP contribution < -0.4 is 15.1 Å². The second-order valence-corrected chi connectivity index (χ2v) is 5.38. The summed E-state index contributed by atoms with van der Waals surface area (Å²) in [5.74, 6) is 0.952. The first-order valence-corrected chi connectivity index (χ1v) is 7.66. The number of carbonyl (C=O) groups excluding carboxylic acids is 1. The van der Waals surface area contributed by atoms with Crippen LogP contribution in [0.3, 0.4) is 0 Å². The third-order valence-corrected chi connectivity index (χ3v) is 3.82. The van der Waals surface area contributed by atoms with Crippen molar-refractivity contribution in [1.82, 2.24) is 14.9 Å². The standard InChI is InChI=1S/C16H18N4O4/c1-12-15(13(21)3-10-23-12)24-11-14(22)19-6-8-20(9-7-19)16-17-4-2-5-18-16/h2-5,10H,6-9,11H2,1H3. The van der Waals surface area contributed by atoms with Crippen molar-refractivity contribution < 1.29 is 13.9 Å². The summed E-state index contributed by atoms with van der Waals surface area (Å²) in [6, 6.07) is 3.04. The number of carbonyl (C=O) groups is 1. The zero-order valence-electron chi connectivity index (χ0n) is 13.3. The Kier molecular flexibility index (Phi) is 4.74. The molecule has 1 aliphatic heterocycles. The smallest absolute Gasteiger partial charge is 0.260 e. The molecule has 1 fully saturated rings. The predicted octanol–water partition coefficient (Wildman–Crippen LogP) is 0.466. The number of rotatable bonds is 4. The lowest BCUT2D eigenvalue weighted by Crippen LogP contribution is -2.50. The van der Waals surface area contributed by atoms with Crippen molar-refractivity contribution in [1.29, 1.82) is 0 Å². The van der Waals surface area contributed by atoms with Crippen LogP contribution in [0.1, 0.15) is 5.76 Å². The molecule has 0 spiro atoms. The van der Waals surface area contributed by atoms with E-state index in [0.29, 0.717) is 37.9 Å². The first kappa shape index (κ1) is 16.0. The van der Waals surface area contributed by atoms with E-state index in [1.807, 2.05) is 4.90 Å². The third kappa shape index (κ3) is 3.53. The van der Waals surface area contributed by atoms with Gasteiger partial charge in [0.25, 0.3) is 5.91 Å². The molecule has 1 aliphatic rings. The Labute approximate surface area is 138 Å². The zero-order chi connectivity index (χ0) is 16.9. The summed E-state index contributed by atoms with van der Waals surface area (Å²) in [6.45, 7) is 3.87. The van der Waals surface area contributed by atoms with Crippen molar-refractivity contribution in [3.05, 3.63) is 46.8 Å². The van der Waals surface area contributed by atoms with E-state index >= 15 is 0 Å². The molecule has 126 valence electrons. The molecule has 0 radical (unpaired) electrons. The fourth-order valence-corrected chi connectivity index (χ4v) is 2.51. The molecule has 2 aromatic rings. The molecular weight excluding hydrogens is 312 g/mol. The van der Waals surface area contributed by atoms with Crippen LogP contribution in [-0.2, 0) is 4.79 Å². The van der Waals surface area contributed by atoms with Crippen molar-refractivity contribution in [2.75, 3.05) is 37.7 Å². The lowest BCUT2D eigenvalue weighted by molar-refractivity contribution is -0.133. The summed E-state index contributed by atoms with van der Waals surface area (Å²) in [7, 11) is 0. The maximum absolute atomic E-state index is 12.3. The topological polar surface area (TPSA) is 88.8 Å². The molecule has 3 heterocycles. The normalized spacial score (nSPS) is 14.5. The molecular formula is C16H18N4O4. The molecule has 0 unspecified atom stereocenters. The number of aryl methyl sites for hydroxylation is 1. The Morgan fingerprint density at radius 2 is 1.96 bits per heavy atom. The van der Waals surface area contributed by atoms with E-state index in [1.54, 1.807) is 30.3 Å². The van der Waals surface area contributed by atoms with Crippen molar-refractivity contribution >= 4 is 11.9 Å². The van der Waals surface area contributed by atoms with Crippen LogP contribution in [0.15, 0.2) is 40.0 Å². The highest BCUT2D eigenvalue weighted by Gasteiger charge is 2.23. The molecule has 0 atom stereocenters. The van der Waals surface area contributed by atoms with E-state index in [-0.39, 0.29) is 23.7 Å². The molecule has 3 rings (SSSR count). The average Bonchev–Trinajstić information content (AvgIpc) is 2.62. The van der Waals surface area contributed by atoms with E-state index in [2.05, 4.69) is 9.97 Å². The van der Waals surface area contributed by atoms with Crippen LogP contribution >= 0.6 is 0 Å². The van der Waals surface area contributed by atoms with Gasteiger partial charge in [0.2, 0.25) is 17.1 Å². The van der Waals surface area contributed by atoms with Crippen LogP contribution in [0.5, 0.6) is 5.75 Å². The zero-order valence-corrected chi connectivity index (χ0v) is 13.3. The van der Waals surface area contributed by atoms with Crippen molar-refractivity contribution in [2.24, 2.45) is 0 Å². The second-order valence-electron chi connectivity index (χ2n) is 5.38. The van der Waals surface area contributed by atoms with Crippen LogP contribution in [0.4, 0.5) is 5.95 Å². The summed E-state index contributed by atoms with van der Waals surface area (Å²) in [4.78, 5) is 36.1. The van der Waals surface area contributed by atoms with Crippen LogP contribution in [0.25, 0.3) is 0 Å². The van der Waals surface area contributed by atoms with Gasteiger partial charge in [0.1, 0.15) is 5.76 Å². The molecule has 1 saturated heterocycles. The largest absolute Gasteiger partial charge is 0.476 e. The fraction of sp³-hybridized carbons (Fsp3) is 0.375. The summed E-state index contributed by atoms with van der Waals surface area (Å²) in [6.07, 6.45) is 4.69. The number of piperazine rings is 1. The average molecular weight is 330 g/mol. The maximum Gasteiger partial charge on any atom is 0.260 e. The van der Waals surface area contributed by atoms with Crippen molar-refractivity contribution in [3.63, 3.8) is 0 Å². The summed E-state index contributed by atoms with van der Waals surface area (Å²) in [5.41, 5.74) is -0.294. The van der Waals surface area contributed by atoms with Crippen LogP contribution in [-0.4, -0.2) is 53.6 Å². The van der Waals surface area contributed by atoms with E-state index in [1.165, 1.54) is 12.3 Å². The summed E-state index contributed by atoms with van der Waals surface area (Å²) < 4.78 is 10.5. The number of hydrogen-bond acceptors (Lipinski definition) is 7. The molecule has 0 bridgehead atoms. The first-order valence-electron chi connectivity index (χ1n) is 7.66. The number of aromatic nitrogens is 2. The van der Waals surface area contributed by atoms with Gasteiger partial charge in [-0.3, -0.25) is 9.59 Å². The van der Waals surface area contributed by atoms with Crippen molar-refractivity contribution in [2.45, 2.75) is 6.92 Å². The highest BCUT2D eigenvalue weighted by Crippen LogP contribution is 2.12. The Morgan fingerprint density at radius 3 is 2.62 bits per heavy atom. The van der Waals surface area contributed by atoms with E-state index < -0.39 is 0 Å². The number of nitrogens with zero attached hydrogens (tertiary/aromatic N) is 4. The monoisotopic (exact) mass is 330 g/mol. The van der Waals surface area contributed by atoms with Gasteiger partial charge in [0.15, 0.2) is 6.61 Å². The van der Waals surface area contributed by atoms with E-state index in [4.69, 9.17) is 9.15 Å². The summed E-state index contributed by atoms with van der Waals surface area (Å²) in [5, 5.41) is 0. The van der Waals surface area contributed by atoms with Gasteiger partial charge in [-0.1, -0.05) is 0 Å². The predicted molar refractivity (Wildman–Crippen MR) is 86.0 cm³/mol. The molecule has 1 amide bonds. The lowest BCUT2D eigenvalue weighted by Gasteiger charge is -2.34. The number of hydrogen-bond donors (Lipinski definition) is 0. The van der Waals surface area contributed by atoms with Gasteiger partial charge in [-0.2, -0.15) is 0 Å². The minimum absolute atomic E-state index is 0.0853. The quantitative estimate of drug-likeness (QED) is 0.805. The number of amides is 1. The molecule has 0 N–H and O–H groups in total. The van der Waals surface area contributed by atoms with Gasteiger partial charge < -0.3 is 19.0 Å². The van der Waals surface area contributed by atoms with Gasteiger partial charge >= 0.3 is 0 Å². The Bertz CT molecular complexity index is 754. The highest BCUT2D eigenvalue weighted by atomic mass is 16.5. The van der Waals surface area contributed by atoms with Crippen molar-refractivity contribution in [3.8, 4) is 5.75 Å². The van der Waals surface area contributed by atoms with E-state index in [0.717, 1.165) is 0 Å². The molecule has 2 aromatic heterocycles. The van der Waals surface area contributed by atoms with Gasteiger partial charge in [-0.05, 0) is 13.0 Å². The SMILES string of the molecule is Cc1occc(=O)c1OCC(=O)N1CCN(c2ncccn2)CC1. The molecule has 0 saturated carbocycles. The molecule has 0 aliphatic carbocycles. The molecule has 0 aromatic carbocycles. The Balaban J connectivity index is 1.53. The van der Waals surface area contributed by atoms with Gasteiger partial charge in [-0.25, -0.2) is 9.97 Å². The molecule has 24 heavy (non-hydrogen) atoms. The fourth-order valence-electron chi connectivity index (χ4n) is 2.51. The van der Waals surface area contributed by atoms with Crippen LogP contribution in [0, 0.1) is 6.92 Å². The highest BCUT2D eigenvalue weighted by molar-refractivity contribution is 5.78. The minimum Gasteiger partial charge on any atom is -0.476 e. The van der Waals surface area contributed by atoms with Gasteiger partial charge in [-0.15, -0.1) is 0 Å². The van der Waals surface area contributed by atoms with E-state index in [9.17, 15) is 9.59 Å². The third-order valence-electron chi connectivity index (χ3n) is 3.82. The lowest BCUT2D eigenvalue weighted by atomic mass is 10.3. The second kappa shape index (κ2) is 7.12. The molecule has 8 nitrogen and oxygen atoms in total. The van der Waals surface area contributed by atoms with Gasteiger partial charge in [0.05, 0.1) is 6.26 Å². The number of anilines is 1. The molecule has 8 heteroatoms. The first-order chi connectivity index (χ1) is 11.6. The Hall–Kier alpha value is -2.90. The Morgan fingerprint density at radius 1 is 1.25 bits per heavy atom. The minimum atomic E-state index is -0.294. The summed E-state index contributed by atoms with van der Waals surface area (Å²) >= 11 is 0. The van der Waals surface area contributed by atoms with Gasteiger partial charge in [0, 0.05) is 44.6 Å². The maximum atomic E-state index is 12.3. The number of ether oxygens (including phenoxy) is 1. The van der Waals surface area contributed by atoms with Crippen LogP contribution in [0.2, 0.25) is 0 Å².